The van der Waals surface area contributed by atoms with Crippen molar-refractivity contribution in [2.75, 3.05) is 13.1 Å². The van der Waals surface area contributed by atoms with Crippen molar-refractivity contribution in [3.05, 3.63) is 30.1 Å². The van der Waals surface area contributed by atoms with Gasteiger partial charge in [0.2, 0.25) is 0 Å². The molecule has 0 spiro atoms. The van der Waals surface area contributed by atoms with E-state index in [1.54, 1.807) is 0 Å². The van der Waals surface area contributed by atoms with Gasteiger partial charge in [0.15, 0.2) is 0 Å². The lowest BCUT2D eigenvalue weighted by Crippen LogP contribution is -2.21. The molecule has 2 rings (SSSR count). The lowest BCUT2D eigenvalue weighted by molar-refractivity contribution is 0.297. The predicted molar refractivity (Wildman–Crippen MR) is 62.5 cm³/mol. The summed E-state index contributed by atoms with van der Waals surface area (Å²) >= 11 is 0. The van der Waals surface area contributed by atoms with E-state index in [-0.39, 0.29) is 0 Å². The summed E-state index contributed by atoms with van der Waals surface area (Å²) in [6.07, 6.45) is 5.12. The first-order valence-electron chi connectivity index (χ1n) is 5.87. The Bertz CT molecular complexity index is 295. The maximum Gasteiger partial charge on any atom is 0.0271 e. The first-order valence-corrected chi connectivity index (χ1v) is 5.87. The molecule has 0 saturated carbocycles. The van der Waals surface area contributed by atoms with Crippen LogP contribution in [0.1, 0.15) is 25.8 Å². The Morgan fingerprint density at radius 2 is 2.13 bits per heavy atom. The van der Waals surface area contributed by atoms with Crippen LogP contribution in [-0.2, 0) is 6.54 Å². The number of aromatic nitrogens is 1. The quantitative estimate of drug-likeness (QED) is 0.752. The van der Waals surface area contributed by atoms with E-state index >= 15 is 0 Å². The second-order valence-electron chi connectivity index (χ2n) is 4.88. The molecule has 2 heterocycles. The highest BCUT2D eigenvalue weighted by molar-refractivity contribution is 5.09. The van der Waals surface area contributed by atoms with Crippen molar-refractivity contribution in [1.29, 1.82) is 0 Å². The molecule has 0 amide bonds. The van der Waals surface area contributed by atoms with E-state index < -0.39 is 0 Å². The van der Waals surface area contributed by atoms with Gasteiger partial charge < -0.3 is 0 Å². The Morgan fingerprint density at radius 3 is 2.73 bits per heavy atom. The molecular weight excluding hydrogens is 184 g/mol. The van der Waals surface area contributed by atoms with Crippen LogP contribution in [0.5, 0.6) is 0 Å². The van der Waals surface area contributed by atoms with Crippen LogP contribution in [0.4, 0.5) is 0 Å². The third-order valence-corrected chi connectivity index (χ3v) is 3.41. The van der Waals surface area contributed by atoms with Crippen molar-refractivity contribution in [2.45, 2.75) is 26.8 Å². The molecule has 1 saturated heterocycles. The second-order valence-corrected chi connectivity index (χ2v) is 4.88. The van der Waals surface area contributed by atoms with Crippen LogP contribution in [0.2, 0.25) is 0 Å². The van der Waals surface area contributed by atoms with Crippen molar-refractivity contribution in [2.24, 2.45) is 11.8 Å². The molecule has 1 aromatic heterocycles. The van der Waals surface area contributed by atoms with Crippen molar-refractivity contribution < 1.29 is 0 Å². The van der Waals surface area contributed by atoms with Gasteiger partial charge in [0.1, 0.15) is 0 Å². The number of pyridine rings is 1. The molecule has 1 unspecified atom stereocenters. The minimum atomic E-state index is 0.826. The standard InChI is InChI=1S/C13H20N2/c1-11(2)13-5-8-15(10-13)9-12-3-6-14-7-4-12/h3-4,6-7,11,13H,5,8-10H2,1-2H3. The van der Waals surface area contributed by atoms with Gasteiger partial charge in [0.05, 0.1) is 0 Å². The molecule has 2 heteroatoms. The summed E-state index contributed by atoms with van der Waals surface area (Å²) in [6.45, 7) is 8.28. The molecule has 1 atom stereocenters. The highest BCUT2D eigenvalue weighted by Gasteiger charge is 2.24. The van der Waals surface area contributed by atoms with Gasteiger partial charge >= 0.3 is 0 Å². The van der Waals surface area contributed by atoms with E-state index in [1.165, 1.54) is 25.1 Å². The second kappa shape index (κ2) is 4.75. The Morgan fingerprint density at radius 1 is 1.40 bits per heavy atom. The van der Waals surface area contributed by atoms with Gasteiger partial charge in [-0.15, -0.1) is 0 Å². The van der Waals surface area contributed by atoms with Crippen LogP contribution in [0.25, 0.3) is 0 Å². The molecule has 2 nitrogen and oxygen atoms in total. The molecular formula is C13H20N2. The van der Waals surface area contributed by atoms with Gasteiger partial charge in [0.25, 0.3) is 0 Å². The number of rotatable bonds is 3. The van der Waals surface area contributed by atoms with Crippen molar-refractivity contribution in [1.82, 2.24) is 9.88 Å². The highest BCUT2D eigenvalue weighted by Crippen LogP contribution is 2.24. The van der Waals surface area contributed by atoms with Gasteiger partial charge in [-0.05, 0) is 42.5 Å². The normalized spacial score (nSPS) is 22.5. The minimum absolute atomic E-state index is 0.826. The highest BCUT2D eigenvalue weighted by atomic mass is 15.1. The van der Waals surface area contributed by atoms with Gasteiger partial charge in [0, 0.05) is 25.5 Å². The van der Waals surface area contributed by atoms with E-state index in [1.807, 2.05) is 12.4 Å². The minimum Gasteiger partial charge on any atom is -0.299 e. The first kappa shape index (κ1) is 10.6. The summed E-state index contributed by atoms with van der Waals surface area (Å²) in [5, 5.41) is 0. The fourth-order valence-electron chi connectivity index (χ4n) is 2.30. The third-order valence-electron chi connectivity index (χ3n) is 3.41. The topological polar surface area (TPSA) is 16.1 Å². The molecule has 0 bridgehead atoms. The number of nitrogens with zero attached hydrogens (tertiary/aromatic N) is 2. The molecule has 1 aliphatic rings. The molecule has 82 valence electrons. The van der Waals surface area contributed by atoms with Crippen LogP contribution >= 0.6 is 0 Å². The van der Waals surface area contributed by atoms with E-state index in [9.17, 15) is 0 Å². The maximum atomic E-state index is 4.04. The summed E-state index contributed by atoms with van der Waals surface area (Å²) < 4.78 is 0. The molecule has 1 aromatic rings. The molecule has 0 aromatic carbocycles. The fraction of sp³-hybridized carbons (Fsp3) is 0.615. The summed E-state index contributed by atoms with van der Waals surface area (Å²) in [7, 11) is 0. The molecule has 1 fully saturated rings. The molecule has 0 radical (unpaired) electrons. The molecule has 1 aliphatic heterocycles. The lowest BCUT2D eigenvalue weighted by atomic mass is 9.95. The SMILES string of the molecule is CC(C)C1CCN(Cc2ccncc2)C1. The number of hydrogen-bond acceptors (Lipinski definition) is 2. The van der Waals surface area contributed by atoms with Crippen molar-refractivity contribution >= 4 is 0 Å². The van der Waals surface area contributed by atoms with E-state index in [4.69, 9.17) is 0 Å². The van der Waals surface area contributed by atoms with Gasteiger partial charge in [-0.1, -0.05) is 13.8 Å². The predicted octanol–water partition coefficient (Wildman–Crippen LogP) is 2.56. The number of likely N-dealkylation sites (tertiary alicyclic amines) is 1. The van der Waals surface area contributed by atoms with E-state index in [2.05, 4.69) is 35.9 Å². The zero-order valence-corrected chi connectivity index (χ0v) is 9.69. The van der Waals surface area contributed by atoms with Crippen LogP contribution in [-0.4, -0.2) is 23.0 Å². The Kier molecular flexibility index (Phi) is 3.37. The van der Waals surface area contributed by atoms with E-state index in [0.29, 0.717) is 0 Å². The Balaban J connectivity index is 1.88. The summed E-state index contributed by atoms with van der Waals surface area (Å²) in [6, 6.07) is 4.23. The van der Waals surface area contributed by atoms with Gasteiger partial charge in [-0.3, -0.25) is 9.88 Å². The monoisotopic (exact) mass is 204 g/mol. The van der Waals surface area contributed by atoms with E-state index in [0.717, 1.165) is 18.4 Å². The van der Waals surface area contributed by atoms with Crippen molar-refractivity contribution in [3.63, 3.8) is 0 Å². The molecule has 0 N–H and O–H groups in total. The maximum absolute atomic E-state index is 4.04. The zero-order chi connectivity index (χ0) is 10.7. The summed E-state index contributed by atoms with van der Waals surface area (Å²) in [5.41, 5.74) is 1.38. The molecule has 15 heavy (non-hydrogen) atoms. The van der Waals surface area contributed by atoms with Crippen LogP contribution in [0.3, 0.4) is 0 Å². The number of hydrogen-bond donors (Lipinski definition) is 0. The average Bonchev–Trinajstić information content (AvgIpc) is 2.68. The van der Waals surface area contributed by atoms with Gasteiger partial charge in [-0.2, -0.15) is 0 Å². The summed E-state index contributed by atoms with van der Waals surface area (Å²) in [4.78, 5) is 6.60. The Hall–Kier alpha value is -0.890. The smallest absolute Gasteiger partial charge is 0.0271 e. The fourth-order valence-corrected chi connectivity index (χ4v) is 2.30. The van der Waals surface area contributed by atoms with Crippen molar-refractivity contribution in [3.8, 4) is 0 Å². The largest absolute Gasteiger partial charge is 0.299 e. The first-order chi connectivity index (χ1) is 7.25. The summed E-state index contributed by atoms with van der Waals surface area (Å²) in [5.74, 6) is 1.72. The molecule has 0 aliphatic carbocycles. The van der Waals surface area contributed by atoms with Crippen LogP contribution in [0, 0.1) is 11.8 Å². The lowest BCUT2D eigenvalue weighted by Gasteiger charge is -2.17. The van der Waals surface area contributed by atoms with Crippen LogP contribution < -0.4 is 0 Å². The Labute approximate surface area is 92.3 Å². The van der Waals surface area contributed by atoms with Gasteiger partial charge in [-0.25, -0.2) is 0 Å². The average molecular weight is 204 g/mol. The van der Waals surface area contributed by atoms with Crippen LogP contribution in [0.15, 0.2) is 24.5 Å². The zero-order valence-electron chi connectivity index (χ0n) is 9.69. The third kappa shape index (κ3) is 2.78.